The van der Waals surface area contributed by atoms with E-state index in [2.05, 4.69) is 10.3 Å². The lowest BCUT2D eigenvalue weighted by molar-refractivity contribution is 0.0697. The van der Waals surface area contributed by atoms with Crippen molar-refractivity contribution in [3.8, 4) is 0 Å². The molecule has 0 radical (unpaired) electrons. The van der Waals surface area contributed by atoms with Crippen LogP contribution in [-0.2, 0) is 0 Å². The van der Waals surface area contributed by atoms with Crippen molar-refractivity contribution in [3.63, 3.8) is 0 Å². The highest BCUT2D eigenvalue weighted by Gasteiger charge is 2.10. The second-order valence-electron chi connectivity index (χ2n) is 3.79. The van der Waals surface area contributed by atoms with Crippen LogP contribution in [0.5, 0.6) is 0 Å². The average molecular weight is 263 g/mol. The van der Waals surface area contributed by atoms with E-state index in [-0.39, 0.29) is 5.56 Å². The summed E-state index contributed by atoms with van der Waals surface area (Å²) < 4.78 is 0. The highest BCUT2D eigenvalue weighted by atomic mass is 35.5. The SMILES string of the molecule is Cc1ccc(Nc2ncccc2C(=O)O)cc1Cl. The highest BCUT2D eigenvalue weighted by Crippen LogP contribution is 2.23. The maximum atomic E-state index is 11.0. The molecule has 0 aliphatic rings. The van der Waals surface area contributed by atoms with Crippen LogP contribution in [0.25, 0.3) is 0 Å². The van der Waals surface area contributed by atoms with Crippen LogP contribution in [0.15, 0.2) is 36.5 Å². The Morgan fingerprint density at radius 2 is 2.17 bits per heavy atom. The Balaban J connectivity index is 2.34. The summed E-state index contributed by atoms with van der Waals surface area (Å²) in [6.07, 6.45) is 1.53. The number of aromatic carboxylic acids is 1. The van der Waals surface area contributed by atoms with E-state index in [9.17, 15) is 4.79 Å². The number of aryl methyl sites for hydroxylation is 1. The molecule has 2 rings (SSSR count). The number of carboxylic acids is 1. The van der Waals surface area contributed by atoms with E-state index < -0.39 is 5.97 Å². The molecule has 1 aromatic carbocycles. The molecule has 18 heavy (non-hydrogen) atoms. The average Bonchev–Trinajstić information content (AvgIpc) is 2.34. The van der Waals surface area contributed by atoms with Gasteiger partial charge in [0, 0.05) is 16.9 Å². The molecule has 0 spiro atoms. The van der Waals surface area contributed by atoms with Gasteiger partial charge in [-0.05, 0) is 36.8 Å². The molecule has 5 heteroatoms. The lowest BCUT2D eigenvalue weighted by atomic mass is 10.2. The number of halogens is 1. The number of pyridine rings is 1. The molecule has 0 aliphatic carbocycles. The van der Waals surface area contributed by atoms with Crippen molar-refractivity contribution in [3.05, 3.63) is 52.7 Å². The van der Waals surface area contributed by atoms with E-state index in [0.29, 0.717) is 16.5 Å². The van der Waals surface area contributed by atoms with Gasteiger partial charge in [0.15, 0.2) is 0 Å². The first-order valence-corrected chi connectivity index (χ1v) is 5.67. The summed E-state index contributed by atoms with van der Waals surface area (Å²) in [5, 5.41) is 12.6. The molecular weight excluding hydrogens is 252 g/mol. The van der Waals surface area contributed by atoms with Crippen molar-refractivity contribution in [2.75, 3.05) is 5.32 Å². The van der Waals surface area contributed by atoms with E-state index in [1.165, 1.54) is 12.3 Å². The zero-order valence-electron chi connectivity index (χ0n) is 9.64. The molecule has 0 bridgehead atoms. The molecule has 0 saturated carbocycles. The van der Waals surface area contributed by atoms with Crippen LogP contribution in [0.4, 0.5) is 11.5 Å². The third kappa shape index (κ3) is 2.60. The van der Waals surface area contributed by atoms with Crippen molar-refractivity contribution in [1.29, 1.82) is 0 Å². The second kappa shape index (κ2) is 5.06. The molecule has 0 amide bonds. The first-order chi connectivity index (χ1) is 8.58. The summed E-state index contributed by atoms with van der Waals surface area (Å²) in [6, 6.07) is 8.48. The minimum absolute atomic E-state index is 0.120. The summed E-state index contributed by atoms with van der Waals surface area (Å²) >= 11 is 6.01. The number of hydrogen-bond acceptors (Lipinski definition) is 3. The number of carboxylic acid groups (broad SMARTS) is 1. The van der Waals surface area contributed by atoms with Crippen LogP contribution < -0.4 is 5.32 Å². The number of benzene rings is 1. The first kappa shape index (κ1) is 12.4. The molecule has 2 N–H and O–H groups in total. The molecule has 0 unspecified atom stereocenters. The normalized spacial score (nSPS) is 10.1. The van der Waals surface area contributed by atoms with E-state index >= 15 is 0 Å². The van der Waals surface area contributed by atoms with Gasteiger partial charge in [-0.3, -0.25) is 0 Å². The smallest absolute Gasteiger partial charge is 0.339 e. The number of aromatic nitrogens is 1. The first-order valence-electron chi connectivity index (χ1n) is 5.29. The molecule has 1 aromatic heterocycles. The van der Waals surface area contributed by atoms with E-state index in [0.717, 1.165) is 5.56 Å². The van der Waals surface area contributed by atoms with Gasteiger partial charge < -0.3 is 10.4 Å². The fourth-order valence-electron chi connectivity index (χ4n) is 1.48. The maximum absolute atomic E-state index is 11.0. The van der Waals surface area contributed by atoms with Gasteiger partial charge in [-0.1, -0.05) is 17.7 Å². The molecule has 92 valence electrons. The Bertz CT molecular complexity index is 599. The predicted molar refractivity (Wildman–Crippen MR) is 70.7 cm³/mol. The third-order valence-electron chi connectivity index (χ3n) is 2.47. The Hall–Kier alpha value is -2.07. The van der Waals surface area contributed by atoms with Crippen LogP contribution in [0.3, 0.4) is 0 Å². The van der Waals surface area contributed by atoms with E-state index in [1.807, 2.05) is 19.1 Å². The summed E-state index contributed by atoms with van der Waals surface area (Å²) in [5.41, 5.74) is 1.78. The van der Waals surface area contributed by atoms with E-state index in [4.69, 9.17) is 16.7 Å². The Morgan fingerprint density at radius 3 is 2.83 bits per heavy atom. The Labute approximate surface area is 109 Å². The van der Waals surface area contributed by atoms with Crippen molar-refractivity contribution in [2.45, 2.75) is 6.92 Å². The maximum Gasteiger partial charge on any atom is 0.339 e. The van der Waals surface area contributed by atoms with Crippen LogP contribution in [0, 0.1) is 6.92 Å². The monoisotopic (exact) mass is 262 g/mol. The molecule has 0 aliphatic heterocycles. The van der Waals surface area contributed by atoms with Crippen molar-refractivity contribution < 1.29 is 9.90 Å². The largest absolute Gasteiger partial charge is 0.478 e. The molecule has 0 saturated heterocycles. The van der Waals surface area contributed by atoms with Crippen molar-refractivity contribution in [1.82, 2.24) is 4.98 Å². The van der Waals surface area contributed by atoms with Crippen LogP contribution >= 0.6 is 11.6 Å². The number of carbonyl (C=O) groups is 1. The zero-order chi connectivity index (χ0) is 13.1. The molecule has 0 atom stereocenters. The summed E-state index contributed by atoms with van der Waals surface area (Å²) in [4.78, 5) is 15.0. The summed E-state index contributed by atoms with van der Waals surface area (Å²) in [7, 11) is 0. The highest BCUT2D eigenvalue weighted by molar-refractivity contribution is 6.31. The Morgan fingerprint density at radius 1 is 1.39 bits per heavy atom. The van der Waals surface area contributed by atoms with Gasteiger partial charge >= 0.3 is 5.97 Å². The third-order valence-corrected chi connectivity index (χ3v) is 2.88. The van der Waals surface area contributed by atoms with Gasteiger partial charge in [-0.25, -0.2) is 9.78 Å². The van der Waals surface area contributed by atoms with Crippen LogP contribution in [0.1, 0.15) is 15.9 Å². The fourth-order valence-corrected chi connectivity index (χ4v) is 1.67. The van der Waals surface area contributed by atoms with Gasteiger partial charge in [0.25, 0.3) is 0 Å². The lowest BCUT2D eigenvalue weighted by Gasteiger charge is -2.09. The minimum atomic E-state index is -1.02. The van der Waals surface area contributed by atoms with Gasteiger partial charge in [-0.2, -0.15) is 0 Å². The molecule has 4 nitrogen and oxygen atoms in total. The summed E-state index contributed by atoms with van der Waals surface area (Å²) in [6.45, 7) is 1.90. The lowest BCUT2D eigenvalue weighted by Crippen LogP contribution is -2.04. The topological polar surface area (TPSA) is 62.2 Å². The van der Waals surface area contributed by atoms with Gasteiger partial charge in [0.05, 0.1) is 0 Å². The van der Waals surface area contributed by atoms with Gasteiger partial charge in [0.2, 0.25) is 0 Å². The number of rotatable bonds is 3. The standard InChI is InChI=1S/C13H11ClN2O2/c1-8-4-5-9(7-11(8)14)16-12-10(13(17)18)3-2-6-15-12/h2-7H,1H3,(H,15,16)(H,17,18). The molecule has 0 fully saturated rings. The van der Waals surface area contributed by atoms with Crippen molar-refractivity contribution in [2.24, 2.45) is 0 Å². The summed E-state index contributed by atoms with van der Waals surface area (Å²) in [5.74, 6) is -0.728. The van der Waals surface area contributed by atoms with Crippen molar-refractivity contribution >= 4 is 29.1 Å². The second-order valence-corrected chi connectivity index (χ2v) is 4.20. The van der Waals surface area contributed by atoms with Crippen LogP contribution in [0.2, 0.25) is 5.02 Å². The molecular formula is C13H11ClN2O2. The van der Waals surface area contributed by atoms with Crippen LogP contribution in [-0.4, -0.2) is 16.1 Å². The molecule has 1 heterocycles. The number of nitrogens with one attached hydrogen (secondary N) is 1. The Kier molecular flexibility index (Phi) is 3.48. The zero-order valence-corrected chi connectivity index (χ0v) is 10.4. The van der Waals surface area contributed by atoms with Gasteiger partial charge in [-0.15, -0.1) is 0 Å². The minimum Gasteiger partial charge on any atom is -0.478 e. The van der Waals surface area contributed by atoms with Gasteiger partial charge in [0.1, 0.15) is 11.4 Å². The fraction of sp³-hybridized carbons (Fsp3) is 0.0769. The van der Waals surface area contributed by atoms with E-state index in [1.54, 1.807) is 12.1 Å². The quantitative estimate of drug-likeness (QED) is 0.889. The number of nitrogens with zero attached hydrogens (tertiary/aromatic N) is 1. The predicted octanol–water partition coefficient (Wildman–Crippen LogP) is 3.49. The number of anilines is 2. The number of hydrogen-bond donors (Lipinski definition) is 2. The molecule has 2 aromatic rings.